The van der Waals surface area contributed by atoms with Crippen LogP contribution in [-0.4, -0.2) is 17.3 Å². The van der Waals surface area contributed by atoms with Gasteiger partial charge < -0.3 is 11.5 Å². The standard InChI is InChI=1S/C13H21N3O/c1-9(5-7-14)3-4-11(17)12-10(2)6-8-16-13(12)15/h6,8-9H,3-5,7,14H2,1-2H3,(H2,15,16). The summed E-state index contributed by atoms with van der Waals surface area (Å²) in [5.41, 5.74) is 12.7. The van der Waals surface area contributed by atoms with E-state index in [0.717, 1.165) is 18.4 Å². The molecule has 4 nitrogen and oxygen atoms in total. The average Bonchev–Trinajstić information content (AvgIpc) is 2.26. The number of anilines is 1. The molecule has 0 aliphatic heterocycles. The highest BCUT2D eigenvalue weighted by atomic mass is 16.1. The Bertz CT molecular complexity index is 370. The lowest BCUT2D eigenvalue weighted by atomic mass is 9.96. The number of Topliss-reactive ketones (excluding diaryl/α,β-unsaturated/α-hetero) is 1. The van der Waals surface area contributed by atoms with Gasteiger partial charge in [-0.2, -0.15) is 0 Å². The van der Waals surface area contributed by atoms with Crippen LogP contribution in [0, 0.1) is 12.8 Å². The Balaban J connectivity index is 2.64. The maximum atomic E-state index is 12.0. The number of nitrogen functional groups attached to an aromatic ring is 1. The quantitative estimate of drug-likeness (QED) is 0.738. The van der Waals surface area contributed by atoms with Crippen LogP contribution in [0.3, 0.4) is 0 Å². The number of aryl methyl sites for hydroxylation is 1. The van der Waals surface area contributed by atoms with Crippen LogP contribution >= 0.6 is 0 Å². The molecule has 4 heteroatoms. The molecule has 0 saturated carbocycles. The number of hydrogen-bond acceptors (Lipinski definition) is 4. The molecule has 0 amide bonds. The van der Waals surface area contributed by atoms with Crippen LogP contribution in [0.15, 0.2) is 12.3 Å². The largest absolute Gasteiger partial charge is 0.383 e. The smallest absolute Gasteiger partial charge is 0.166 e. The Morgan fingerprint density at radius 3 is 2.76 bits per heavy atom. The number of nitrogens with two attached hydrogens (primary N) is 2. The van der Waals surface area contributed by atoms with Gasteiger partial charge in [0, 0.05) is 12.6 Å². The highest BCUT2D eigenvalue weighted by Gasteiger charge is 2.14. The lowest BCUT2D eigenvalue weighted by Gasteiger charge is -2.11. The van der Waals surface area contributed by atoms with E-state index < -0.39 is 0 Å². The van der Waals surface area contributed by atoms with Crippen molar-refractivity contribution >= 4 is 11.6 Å². The second kappa shape index (κ2) is 6.35. The fourth-order valence-corrected chi connectivity index (χ4v) is 1.87. The molecule has 1 rings (SSSR count). The van der Waals surface area contributed by atoms with Crippen molar-refractivity contribution in [2.24, 2.45) is 11.7 Å². The van der Waals surface area contributed by atoms with E-state index in [1.54, 1.807) is 6.20 Å². The van der Waals surface area contributed by atoms with E-state index in [9.17, 15) is 4.79 Å². The van der Waals surface area contributed by atoms with Crippen LogP contribution in [0.2, 0.25) is 0 Å². The van der Waals surface area contributed by atoms with Crippen molar-refractivity contribution in [3.63, 3.8) is 0 Å². The Kier molecular flexibility index (Phi) is 5.10. The SMILES string of the molecule is Cc1ccnc(N)c1C(=O)CCC(C)CCN. The second-order valence-electron chi connectivity index (χ2n) is 4.53. The molecule has 94 valence electrons. The predicted molar refractivity (Wildman–Crippen MR) is 69.8 cm³/mol. The first-order valence-corrected chi connectivity index (χ1v) is 6.00. The minimum atomic E-state index is 0.0805. The summed E-state index contributed by atoms with van der Waals surface area (Å²) < 4.78 is 0. The molecular weight excluding hydrogens is 214 g/mol. The molecule has 0 spiro atoms. The summed E-state index contributed by atoms with van der Waals surface area (Å²) in [6.45, 7) is 4.66. The van der Waals surface area contributed by atoms with Gasteiger partial charge in [-0.25, -0.2) is 4.98 Å². The van der Waals surface area contributed by atoms with Crippen molar-refractivity contribution in [1.29, 1.82) is 0 Å². The first kappa shape index (κ1) is 13.6. The van der Waals surface area contributed by atoms with Gasteiger partial charge in [0.25, 0.3) is 0 Å². The number of aromatic nitrogens is 1. The maximum Gasteiger partial charge on any atom is 0.166 e. The van der Waals surface area contributed by atoms with E-state index in [-0.39, 0.29) is 5.78 Å². The zero-order chi connectivity index (χ0) is 12.8. The highest BCUT2D eigenvalue weighted by molar-refractivity contribution is 6.01. The third kappa shape index (κ3) is 3.82. The van der Waals surface area contributed by atoms with E-state index in [1.807, 2.05) is 13.0 Å². The number of rotatable bonds is 6. The molecule has 17 heavy (non-hydrogen) atoms. The van der Waals surface area contributed by atoms with Gasteiger partial charge in [0.2, 0.25) is 0 Å². The van der Waals surface area contributed by atoms with Crippen LogP contribution in [0.5, 0.6) is 0 Å². The van der Waals surface area contributed by atoms with E-state index in [1.165, 1.54) is 0 Å². The summed E-state index contributed by atoms with van der Waals surface area (Å²) >= 11 is 0. The van der Waals surface area contributed by atoms with Crippen LogP contribution < -0.4 is 11.5 Å². The molecule has 0 radical (unpaired) electrons. The van der Waals surface area contributed by atoms with Gasteiger partial charge in [0.1, 0.15) is 5.82 Å². The van der Waals surface area contributed by atoms with Gasteiger partial charge in [0.05, 0.1) is 5.56 Å². The zero-order valence-corrected chi connectivity index (χ0v) is 10.6. The number of pyridine rings is 1. The Morgan fingerprint density at radius 2 is 2.18 bits per heavy atom. The lowest BCUT2D eigenvalue weighted by molar-refractivity contribution is 0.0974. The summed E-state index contributed by atoms with van der Waals surface area (Å²) in [6.07, 6.45) is 3.94. The fourth-order valence-electron chi connectivity index (χ4n) is 1.87. The zero-order valence-electron chi connectivity index (χ0n) is 10.6. The normalized spacial score (nSPS) is 12.4. The molecule has 1 atom stereocenters. The van der Waals surface area contributed by atoms with Gasteiger partial charge in [-0.1, -0.05) is 6.92 Å². The van der Waals surface area contributed by atoms with Crippen molar-refractivity contribution in [1.82, 2.24) is 4.98 Å². The van der Waals surface area contributed by atoms with Gasteiger partial charge in [-0.05, 0) is 43.9 Å². The summed E-state index contributed by atoms with van der Waals surface area (Å²) in [4.78, 5) is 16.0. The summed E-state index contributed by atoms with van der Waals surface area (Å²) in [5.74, 6) is 0.889. The average molecular weight is 235 g/mol. The van der Waals surface area contributed by atoms with Crippen LogP contribution in [0.25, 0.3) is 0 Å². The molecule has 4 N–H and O–H groups in total. The summed E-state index contributed by atoms with van der Waals surface area (Å²) in [5, 5.41) is 0. The molecule has 1 aromatic rings. The van der Waals surface area contributed by atoms with E-state index in [4.69, 9.17) is 11.5 Å². The summed E-state index contributed by atoms with van der Waals surface area (Å²) in [6, 6.07) is 1.81. The topological polar surface area (TPSA) is 82.0 Å². The minimum Gasteiger partial charge on any atom is -0.383 e. The highest BCUT2D eigenvalue weighted by Crippen LogP contribution is 2.18. The Hall–Kier alpha value is -1.42. The number of carbonyl (C=O) groups excluding carboxylic acids is 1. The Morgan fingerprint density at radius 1 is 1.47 bits per heavy atom. The van der Waals surface area contributed by atoms with E-state index in [0.29, 0.717) is 30.3 Å². The third-order valence-corrected chi connectivity index (χ3v) is 2.99. The number of carbonyl (C=O) groups is 1. The molecular formula is C13H21N3O. The molecule has 0 aliphatic rings. The molecule has 1 unspecified atom stereocenters. The lowest BCUT2D eigenvalue weighted by Crippen LogP contribution is -2.11. The molecule has 0 fully saturated rings. The van der Waals surface area contributed by atoms with Crippen molar-refractivity contribution in [2.75, 3.05) is 12.3 Å². The number of nitrogens with zero attached hydrogens (tertiary/aromatic N) is 1. The van der Waals surface area contributed by atoms with Gasteiger partial charge in [-0.3, -0.25) is 4.79 Å². The molecule has 1 heterocycles. The second-order valence-corrected chi connectivity index (χ2v) is 4.53. The third-order valence-electron chi connectivity index (χ3n) is 2.99. The molecule has 0 saturated heterocycles. The number of ketones is 1. The molecule has 0 aromatic carbocycles. The molecule has 0 bridgehead atoms. The predicted octanol–water partition coefficient (Wildman–Crippen LogP) is 1.92. The van der Waals surface area contributed by atoms with Crippen molar-refractivity contribution in [3.8, 4) is 0 Å². The van der Waals surface area contributed by atoms with Crippen molar-refractivity contribution in [3.05, 3.63) is 23.4 Å². The van der Waals surface area contributed by atoms with E-state index in [2.05, 4.69) is 11.9 Å². The van der Waals surface area contributed by atoms with E-state index >= 15 is 0 Å². The monoisotopic (exact) mass is 235 g/mol. The van der Waals surface area contributed by atoms with Crippen LogP contribution in [0.4, 0.5) is 5.82 Å². The van der Waals surface area contributed by atoms with Gasteiger partial charge in [-0.15, -0.1) is 0 Å². The maximum absolute atomic E-state index is 12.0. The van der Waals surface area contributed by atoms with Crippen LogP contribution in [0.1, 0.15) is 42.1 Å². The minimum absolute atomic E-state index is 0.0805. The molecule has 1 aromatic heterocycles. The van der Waals surface area contributed by atoms with Crippen molar-refractivity contribution in [2.45, 2.75) is 33.1 Å². The number of hydrogen-bond donors (Lipinski definition) is 2. The Labute approximate surface area is 102 Å². The fraction of sp³-hybridized carbons (Fsp3) is 0.538. The molecule has 0 aliphatic carbocycles. The summed E-state index contributed by atoms with van der Waals surface area (Å²) in [7, 11) is 0. The van der Waals surface area contributed by atoms with Gasteiger partial charge >= 0.3 is 0 Å². The first-order chi connectivity index (χ1) is 8.06. The first-order valence-electron chi connectivity index (χ1n) is 6.00. The van der Waals surface area contributed by atoms with Crippen molar-refractivity contribution < 1.29 is 4.79 Å². The van der Waals surface area contributed by atoms with Gasteiger partial charge in [0.15, 0.2) is 5.78 Å². The van der Waals surface area contributed by atoms with Crippen LogP contribution in [-0.2, 0) is 0 Å².